The van der Waals surface area contributed by atoms with E-state index in [2.05, 4.69) is 21.2 Å². The van der Waals surface area contributed by atoms with E-state index in [1.165, 1.54) is 4.68 Å². The zero-order valence-electron chi connectivity index (χ0n) is 13.5. The van der Waals surface area contributed by atoms with Crippen LogP contribution in [0.5, 0.6) is 0 Å². The fourth-order valence-corrected chi connectivity index (χ4v) is 2.46. The number of nitrogens with one attached hydrogen (secondary N) is 2. The Morgan fingerprint density at radius 3 is 2.04 bits per heavy atom. The normalized spacial score (nSPS) is 10.4. The van der Waals surface area contributed by atoms with Crippen LogP contribution in [0, 0.1) is 6.92 Å². The third kappa shape index (κ3) is 3.84. The van der Waals surface area contributed by atoms with Crippen molar-refractivity contribution in [2.75, 3.05) is 0 Å². The Morgan fingerprint density at radius 1 is 0.885 bits per heavy atom. The van der Waals surface area contributed by atoms with Crippen molar-refractivity contribution >= 4 is 35.0 Å². The van der Waals surface area contributed by atoms with E-state index in [1.54, 1.807) is 55.5 Å². The zero-order chi connectivity index (χ0) is 18.7. The Balaban J connectivity index is 1.69. The summed E-state index contributed by atoms with van der Waals surface area (Å²) in [5.41, 5.74) is 6.32. The molecule has 9 heteroatoms. The zero-order valence-corrected chi connectivity index (χ0v) is 15.0. The molecule has 0 aliphatic heterocycles. The average molecular weight is 390 g/mol. The van der Waals surface area contributed by atoms with E-state index in [1.807, 2.05) is 0 Å². The van der Waals surface area contributed by atoms with Gasteiger partial charge in [0.05, 0.1) is 11.4 Å². The predicted molar refractivity (Wildman–Crippen MR) is 97.5 cm³/mol. The molecule has 2 aromatic carbocycles. The SMILES string of the molecule is Cc1c(C(=O)NNC(=O)c2ccc(Cl)cc2)nnn1-c1ccc(Cl)cc1. The number of benzene rings is 2. The molecule has 0 saturated carbocycles. The minimum atomic E-state index is -0.579. The van der Waals surface area contributed by atoms with Gasteiger partial charge >= 0.3 is 0 Å². The number of halogens is 2. The van der Waals surface area contributed by atoms with Crippen LogP contribution >= 0.6 is 23.2 Å². The number of hydrogen-bond acceptors (Lipinski definition) is 4. The van der Waals surface area contributed by atoms with Crippen LogP contribution in [0.4, 0.5) is 0 Å². The highest BCUT2D eigenvalue weighted by Gasteiger charge is 2.18. The van der Waals surface area contributed by atoms with E-state index in [0.29, 0.717) is 27.0 Å². The van der Waals surface area contributed by atoms with Crippen molar-refractivity contribution in [3.8, 4) is 5.69 Å². The van der Waals surface area contributed by atoms with Gasteiger partial charge in [-0.2, -0.15) is 0 Å². The van der Waals surface area contributed by atoms with E-state index >= 15 is 0 Å². The number of hydrazine groups is 1. The lowest BCUT2D eigenvalue weighted by atomic mass is 10.2. The topological polar surface area (TPSA) is 88.9 Å². The molecule has 0 bridgehead atoms. The first kappa shape index (κ1) is 17.9. The van der Waals surface area contributed by atoms with Crippen LogP contribution in [0.2, 0.25) is 10.0 Å². The maximum absolute atomic E-state index is 12.3. The number of carbonyl (C=O) groups is 2. The lowest BCUT2D eigenvalue weighted by Gasteiger charge is -2.07. The first-order valence-electron chi connectivity index (χ1n) is 7.50. The molecule has 1 heterocycles. The first-order chi connectivity index (χ1) is 12.5. The first-order valence-corrected chi connectivity index (χ1v) is 8.26. The van der Waals surface area contributed by atoms with Crippen molar-refractivity contribution in [2.24, 2.45) is 0 Å². The average Bonchev–Trinajstić information content (AvgIpc) is 3.02. The van der Waals surface area contributed by atoms with Crippen LogP contribution in [-0.4, -0.2) is 26.8 Å². The number of nitrogens with zero attached hydrogens (tertiary/aromatic N) is 3. The molecule has 1 aromatic heterocycles. The maximum atomic E-state index is 12.3. The summed E-state index contributed by atoms with van der Waals surface area (Å²) in [5, 5.41) is 8.95. The second-order valence-corrected chi connectivity index (χ2v) is 6.20. The van der Waals surface area contributed by atoms with Crippen molar-refractivity contribution in [3.63, 3.8) is 0 Å². The summed E-state index contributed by atoms with van der Waals surface area (Å²) in [5.74, 6) is -1.05. The molecule has 26 heavy (non-hydrogen) atoms. The van der Waals surface area contributed by atoms with Crippen molar-refractivity contribution in [2.45, 2.75) is 6.92 Å². The van der Waals surface area contributed by atoms with Gasteiger partial charge in [-0.15, -0.1) is 5.10 Å². The Bertz CT molecular complexity index is 952. The second kappa shape index (κ2) is 7.55. The van der Waals surface area contributed by atoms with Gasteiger partial charge in [0, 0.05) is 15.6 Å². The summed E-state index contributed by atoms with van der Waals surface area (Å²) in [6, 6.07) is 13.2. The number of rotatable bonds is 3. The van der Waals surface area contributed by atoms with E-state index in [-0.39, 0.29) is 5.69 Å². The van der Waals surface area contributed by atoms with Crippen molar-refractivity contribution in [3.05, 3.63) is 75.5 Å². The molecular weight excluding hydrogens is 377 g/mol. The molecule has 0 fully saturated rings. The van der Waals surface area contributed by atoms with Crippen LogP contribution in [-0.2, 0) is 0 Å². The molecule has 3 rings (SSSR count). The van der Waals surface area contributed by atoms with E-state index in [9.17, 15) is 9.59 Å². The summed E-state index contributed by atoms with van der Waals surface area (Å²) in [6.07, 6.45) is 0. The van der Waals surface area contributed by atoms with Gasteiger partial charge in [-0.1, -0.05) is 28.4 Å². The quantitative estimate of drug-likeness (QED) is 0.673. The number of amides is 2. The summed E-state index contributed by atoms with van der Waals surface area (Å²) >= 11 is 11.6. The molecule has 2 N–H and O–H groups in total. The Morgan fingerprint density at radius 2 is 1.42 bits per heavy atom. The van der Waals surface area contributed by atoms with Crippen LogP contribution in [0.15, 0.2) is 48.5 Å². The predicted octanol–water partition coefficient (Wildman–Crippen LogP) is 2.96. The molecular formula is C17H13Cl2N5O2. The van der Waals surface area contributed by atoms with Gasteiger partial charge in [0.1, 0.15) is 0 Å². The lowest BCUT2D eigenvalue weighted by molar-refractivity contribution is 0.0843. The molecule has 0 aliphatic carbocycles. The number of carbonyl (C=O) groups excluding carboxylic acids is 2. The largest absolute Gasteiger partial charge is 0.292 e. The molecule has 0 unspecified atom stereocenters. The lowest BCUT2D eigenvalue weighted by Crippen LogP contribution is -2.42. The second-order valence-electron chi connectivity index (χ2n) is 5.33. The van der Waals surface area contributed by atoms with Gasteiger partial charge in [0.15, 0.2) is 5.69 Å². The van der Waals surface area contributed by atoms with Gasteiger partial charge in [0.25, 0.3) is 11.8 Å². The molecule has 3 aromatic rings. The van der Waals surface area contributed by atoms with Gasteiger partial charge in [0.2, 0.25) is 0 Å². The fraction of sp³-hybridized carbons (Fsp3) is 0.0588. The molecule has 7 nitrogen and oxygen atoms in total. The standard InChI is InChI=1S/C17H13Cl2N5O2/c1-10-15(20-23-24(10)14-8-6-13(19)7-9-14)17(26)22-21-16(25)11-2-4-12(18)5-3-11/h2-9H,1H3,(H,21,25)(H,22,26). The summed E-state index contributed by atoms with van der Waals surface area (Å²) in [6.45, 7) is 1.70. The Hall–Kier alpha value is -2.90. The van der Waals surface area contributed by atoms with Crippen LogP contribution in [0.25, 0.3) is 5.69 Å². The Labute approximate surface area is 158 Å². The summed E-state index contributed by atoms with van der Waals surface area (Å²) in [4.78, 5) is 24.3. The number of hydrogen-bond donors (Lipinski definition) is 2. The van der Waals surface area contributed by atoms with E-state index in [0.717, 1.165) is 0 Å². The van der Waals surface area contributed by atoms with E-state index < -0.39 is 11.8 Å². The molecule has 0 spiro atoms. The highest BCUT2D eigenvalue weighted by Crippen LogP contribution is 2.15. The van der Waals surface area contributed by atoms with Crippen LogP contribution in [0.3, 0.4) is 0 Å². The summed E-state index contributed by atoms with van der Waals surface area (Å²) in [7, 11) is 0. The van der Waals surface area contributed by atoms with Crippen molar-refractivity contribution < 1.29 is 9.59 Å². The highest BCUT2D eigenvalue weighted by molar-refractivity contribution is 6.30. The van der Waals surface area contributed by atoms with Crippen LogP contribution < -0.4 is 10.9 Å². The van der Waals surface area contributed by atoms with Gasteiger partial charge in [-0.3, -0.25) is 20.4 Å². The molecule has 0 aliphatic rings. The Kier molecular flexibility index (Phi) is 5.20. The third-order valence-corrected chi connectivity index (χ3v) is 4.08. The summed E-state index contributed by atoms with van der Waals surface area (Å²) < 4.78 is 1.51. The fourth-order valence-electron chi connectivity index (χ4n) is 2.21. The highest BCUT2D eigenvalue weighted by atomic mass is 35.5. The minimum absolute atomic E-state index is 0.0938. The molecule has 0 atom stereocenters. The smallest absolute Gasteiger partial charge is 0.267 e. The van der Waals surface area contributed by atoms with Crippen LogP contribution in [0.1, 0.15) is 26.5 Å². The minimum Gasteiger partial charge on any atom is -0.267 e. The molecule has 0 saturated heterocycles. The molecule has 0 radical (unpaired) electrons. The van der Waals surface area contributed by atoms with Gasteiger partial charge in [-0.05, 0) is 55.5 Å². The van der Waals surface area contributed by atoms with Gasteiger partial charge in [-0.25, -0.2) is 4.68 Å². The van der Waals surface area contributed by atoms with Crippen molar-refractivity contribution in [1.29, 1.82) is 0 Å². The van der Waals surface area contributed by atoms with Crippen molar-refractivity contribution in [1.82, 2.24) is 25.8 Å². The molecule has 2 amide bonds. The third-order valence-electron chi connectivity index (χ3n) is 3.58. The van der Waals surface area contributed by atoms with Gasteiger partial charge < -0.3 is 0 Å². The molecule has 132 valence electrons. The van der Waals surface area contributed by atoms with E-state index in [4.69, 9.17) is 23.2 Å². The monoisotopic (exact) mass is 389 g/mol. The maximum Gasteiger partial charge on any atom is 0.292 e. The number of aromatic nitrogens is 3.